The second-order valence-corrected chi connectivity index (χ2v) is 8.04. The Morgan fingerprint density at radius 2 is 2.04 bits per heavy atom. The maximum atomic E-state index is 13.5. The van der Waals surface area contributed by atoms with Crippen LogP contribution in [0.25, 0.3) is 0 Å². The largest absolute Gasteiger partial charge is 0.467 e. The van der Waals surface area contributed by atoms with Crippen molar-refractivity contribution in [1.82, 2.24) is 10.2 Å². The lowest BCUT2D eigenvalue weighted by atomic mass is 9.79. The van der Waals surface area contributed by atoms with Gasteiger partial charge in [0.1, 0.15) is 11.7 Å². The third kappa shape index (κ3) is 2.83. The number of amides is 1. The van der Waals surface area contributed by atoms with Crippen LogP contribution in [0.3, 0.4) is 0 Å². The van der Waals surface area contributed by atoms with E-state index in [1.54, 1.807) is 0 Å². The van der Waals surface area contributed by atoms with E-state index in [0.717, 1.165) is 22.6 Å². The second-order valence-electron chi connectivity index (χ2n) is 7.65. The van der Waals surface area contributed by atoms with Gasteiger partial charge in [0, 0.05) is 17.8 Å². The van der Waals surface area contributed by atoms with E-state index >= 15 is 0 Å². The van der Waals surface area contributed by atoms with Crippen LogP contribution in [0, 0.1) is 19.8 Å². The predicted molar refractivity (Wildman–Crippen MR) is 114 cm³/mol. The van der Waals surface area contributed by atoms with E-state index in [4.69, 9.17) is 17.0 Å². The minimum absolute atomic E-state index is 0.0811. The number of fused-ring (bicyclic) bond motifs is 4. The van der Waals surface area contributed by atoms with Gasteiger partial charge in [0.15, 0.2) is 10.8 Å². The Balaban J connectivity index is 1.76. The van der Waals surface area contributed by atoms with Gasteiger partial charge in [-0.1, -0.05) is 35.9 Å². The summed E-state index contributed by atoms with van der Waals surface area (Å²) in [5.74, 6) is 0.246. The van der Waals surface area contributed by atoms with E-state index in [1.165, 1.54) is 5.56 Å². The highest BCUT2D eigenvalue weighted by Gasteiger charge is 2.58. The molecule has 2 bridgehead atoms. The molecule has 28 heavy (non-hydrogen) atoms. The van der Waals surface area contributed by atoms with Crippen LogP contribution in [-0.4, -0.2) is 28.2 Å². The molecule has 0 saturated carbocycles. The van der Waals surface area contributed by atoms with Crippen molar-refractivity contribution in [3.05, 3.63) is 59.2 Å². The van der Waals surface area contributed by atoms with Crippen LogP contribution in [0.2, 0.25) is 0 Å². The smallest absolute Gasteiger partial charge is 0.236 e. The van der Waals surface area contributed by atoms with Crippen LogP contribution >= 0.6 is 12.2 Å². The highest BCUT2D eigenvalue weighted by atomic mass is 32.1. The van der Waals surface area contributed by atoms with E-state index in [1.807, 2.05) is 69.0 Å². The van der Waals surface area contributed by atoms with Gasteiger partial charge in [-0.15, -0.1) is 0 Å². The average molecular weight is 396 g/mol. The number of thiocarbonyl (C=S) groups is 1. The summed E-state index contributed by atoms with van der Waals surface area (Å²) in [4.78, 5) is 15.5. The van der Waals surface area contributed by atoms with Crippen LogP contribution < -0.4 is 15.4 Å². The van der Waals surface area contributed by atoms with Gasteiger partial charge in [-0.05, 0) is 57.6 Å². The number of hydrogen-bond donors (Lipinski definition) is 2. The molecule has 2 aromatic carbocycles. The summed E-state index contributed by atoms with van der Waals surface area (Å²) in [5.41, 5.74) is 3.12. The molecule has 2 aliphatic heterocycles. The number of carbonyl (C=O) groups is 1. The van der Waals surface area contributed by atoms with Gasteiger partial charge in [-0.25, -0.2) is 0 Å². The summed E-state index contributed by atoms with van der Waals surface area (Å²) in [5, 5.41) is 7.12. The molecule has 5 nitrogen and oxygen atoms in total. The standard InChI is InChI=1S/C22H25N3O2S/c1-5-25-21(28)24-19-15-8-6-7-9-17(15)27-22(25,4)18(19)20(26)23-16-11-10-13(2)12-14(16)3/h6-12,18-19H,5H2,1-4H3,(H,23,26)(H,24,28)/t18-,19-,22-/m0/s1. The molecule has 0 radical (unpaired) electrons. The predicted octanol–water partition coefficient (Wildman–Crippen LogP) is 3.92. The number of nitrogens with zero attached hydrogens (tertiary/aromatic N) is 1. The number of carbonyl (C=O) groups excluding carboxylic acids is 1. The van der Waals surface area contributed by atoms with Gasteiger partial charge < -0.3 is 20.3 Å². The molecule has 1 amide bonds. The van der Waals surface area contributed by atoms with Gasteiger partial charge >= 0.3 is 0 Å². The number of hydrogen-bond acceptors (Lipinski definition) is 3. The number of ether oxygens (including phenoxy) is 1. The Labute approximate surface area is 171 Å². The van der Waals surface area contributed by atoms with E-state index in [2.05, 4.69) is 16.7 Å². The number of benzene rings is 2. The lowest BCUT2D eigenvalue weighted by molar-refractivity contribution is -0.148. The van der Waals surface area contributed by atoms with Crippen LogP contribution in [0.15, 0.2) is 42.5 Å². The molecule has 0 spiro atoms. The molecule has 0 aliphatic carbocycles. The lowest BCUT2D eigenvalue weighted by Gasteiger charge is -2.55. The Bertz CT molecular complexity index is 961. The highest BCUT2D eigenvalue weighted by molar-refractivity contribution is 7.80. The summed E-state index contributed by atoms with van der Waals surface area (Å²) in [7, 11) is 0. The fraction of sp³-hybridized carbons (Fsp3) is 0.364. The number of aryl methyl sites for hydroxylation is 2. The molecule has 2 aromatic rings. The van der Waals surface area contributed by atoms with Crippen molar-refractivity contribution in [2.24, 2.45) is 5.92 Å². The van der Waals surface area contributed by atoms with Gasteiger partial charge in [0.2, 0.25) is 5.91 Å². The molecule has 0 aromatic heterocycles. The van der Waals surface area contributed by atoms with Crippen LogP contribution in [0.1, 0.15) is 36.6 Å². The first-order chi connectivity index (χ1) is 13.3. The normalized spacial score (nSPS) is 25.4. The van der Waals surface area contributed by atoms with Crippen molar-refractivity contribution in [3.63, 3.8) is 0 Å². The molecule has 0 unspecified atom stereocenters. The first-order valence-corrected chi connectivity index (χ1v) is 10.00. The zero-order valence-corrected chi connectivity index (χ0v) is 17.4. The summed E-state index contributed by atoms with van der Waals surface area (Å²) >= 11 is 5.59. The number of nitrogens with one attached hydrogen (secondary N) is 2. The van der Waals surface area contributed by atoms with E-state index in [0.29, 0.717) is 11.7 Å². The SMILES string of the molecule is CCN1C(=S)N[C@H]2c3ccccc3O[C@@]1(C)[C@@H]2C(=O)Nc1ccc(C)cc1C. The summed E-state index contributed by atoms with van der Waals surface area (Å²) in [6, 6.07) is 13.6. The number of rotatable bonds is 3. The fourth-order valence-corrected chi connectivity index (χ4v) is 4.86. The fourth-order valence-electron chi connectivity index (χ4n) is 4.42. The Hall–Kier alpha value is -2.60. The minimum atomic E-state index is -0.862. The van der Waals surface area contributed by atoms with Crippen molar-refractivity contribution in [3.8, 4) is 5.75 Å². The highest BCUT2D eigenvalue weighted by Crippen LogP contribution is 2.48. The molecular weight excluding hydrogens is 370 g/mol. The summed E-state index contributed by atoms with van der Waals surface area (Å²) in [6.07, 6.45) is 0. The topological polar surface area (TPSA) is 53.6 Å². The first kappa shape index (κ1) is 18.7. The average Bonchev–Trinajstić information content (AvgIpc) is 2.63. The van der Waals surface area contributed by atoms with Crippen molar-refractivity contribution in [2.75, 3.05) is 11.9 Å². The maximum absolute atomic E-state index is 13.5. The van der Waals surface area contributed by atoms with Crippen molar-refractivity contribution >= 4 is 28.9 Å². The molecule has 3 atom stereocenters. The van der Waals surface area contributed by atoms with E-state index < -0.39 is 11.6 Å². The van der Waals surface area contributed by atoms with E-state index in [9.17, 15) is 4.79 Å². The van der Waals surface area contributed by atoms with Gasteiger partial charge in [0.05, 0.1) is 6.04 Å². The van der Waals surface area contributed by atoms with Crippen molar-refractivity contribution in [2.45, 2.75) is 39.5 Å². The first-order valence-electron chi connectivity index (χ1n) is 9.59. The van der Waals surface area contributed by atoms with Crippen molar-refractivity contribution < 1.29 is 9.53 Å². The maximum Gasteiger partial charge on any atom is 0.236 e. The molecule has 146 valence electrons. The summed E-state index contributed by atoms with van der Waals surface area (Å²) < 4.78 is 6.42. The summed E-state index contributed by atoms with van der Waals surface area (Å²) in [6.45, 7) is 8.66. The molecule has 6 heteroatoms. The zero-order chi connectivity index (χ0) is 20.1. The number of para-hydroxylation sites is 1. The van der Waals surface area contributed by atoms with Crippen LogP contribution in [0.4, 0.5) is 5.69 Å². The monoisotopic (exact) mass is 395 g/mol. The molecule has 1 saturated heterocycles. The zero-order valence-electron chi connectivity index (χ0n) is 16.6. The molecule has 2 aliphatic rings. The third-order valence-electron chi connectivity index (χ3n) is 5.78. The molecule has 2 N–H and O–H groups in total. The number of anilines is 1. The molecule has 1 fully saturated rings. The Morgan fingerprint density at radius 1 is 1.29 bits per heavy atom. The second kappa shape index (κ2) is 6.78. The lowest BCUT2D eigenvalue weighted by Crippen LogP contribution is -2.71. The van der Waals surface area contributed by atoms with Gasteiger partial charge in [-0.2, -0.15) is 0 Å². The van der Waals surface area contributed by atoms with Crippen molar-refractivity contribution in [1.29, 1.82) is 0 Å². The van der Waals surface area contributed by atoms with Crippen LogP contribution in [-0.2, 0) is 4.79 Å². The minimum Gasteiger partial charge on any atom is -0.467 e. The van der Waals surface area contributed by atoms with E-state index in [-0.39, 0.29) is 11.9 Å². The van der Waals surface area contributed by atoms with Crippen LogP contribution in [0.5, 0.6) is 5.75 Å². The molecule has 2 heterocycles. The van der Waals surface area contributed by atoms with Gasteiger partial charge in [0.25, 0.3) is 0 Å². The van der Waals surface area contributed by atoms with Gasteiger partial charge in [-0.3, -0.25) is 4.79 Å². The third-order valence-corrected chi connectivity index (χ3v) is 6.12. The Kier molecular flexibility index (Phi) is 4.54. The quantitative estimate of drug-likeness (QED) is 0.772. The molecule has 4 rings (SSSR count). The molecular formula is C22H25N3O2S. The Morgan fingerprint density at radius 3 is 2.75 bits per heavy atom.